The molecule has 3 fully saturated rings. The largest absolute Gasteiger partial charge is 0.351 e. The van der Waals surface area contributed by atoms with Crippen LogP contribution in [-0.2, 0) is 4.79 Å². The van der Waals surface area contributed by atoms with Gasteiger partial charge in [0.15, 0.2) is 0 Å². The fourth-order valence-corrected chi connectivity index (χ4v) is 7.18. The maximum absolute atomic E-state index is 14.5. The third-order valence-corrected chi connectivity index (χ3v) is 9.76. The molecule has 0 aliphatic carbocycles. The van der Waals surface area contributed by atoms with E-state index in [2.05, 4.69) is 64.2 Å². The van der Waals surface area contributed by atoms with Gasteiger partial charge < -0.3 is 26.6 Å². The first kappa shape index (κ1) is 30.8. The number of piperazine rings is 1. The van der Waals surface area contributed by atoms with Gasteiger partial charge in [-0.25, -0.2) is 4.39 Å². The molecule has 4 aliphatic rings. The summed E-state index contributed by atoms with van der Waals surface area (Å²) < 4.78 is 14.5. The Kier molecular flexibility index (Phi) is 11.2. The molecule has 0 aromatic rings. The fourth-order valence-electron chi connectivity index (χ4n) is 7.18. The molecule has 39 heavy (non-hydrogen) atoms. The van der Waals surface area contributed by atoms with Crippen LogP contribution < -0.4 is 32.3 Å². The molecule has 3 saturated heterocycles. The Labute approximate surface area is 235 Å². The van der Waals surface area contributed by atoms with Crippen molar-refractivity contribution in [2.24, 2.45) is 29.4 Å². The van der Waals surface area contributed by atoms with Crippen LogP contribution in [0, 0.1) is 23.7 Å². The molecule has 0 spiro atoms. The molecule has 10 heteroatoms. The van der Waals surface area contributed by atoms with E-state index in [1.807, 2.05) is 13.0 Å². The van der Waals surface area contributed by atoms with E-state index in [0.29, 0.717) is 24.0 Å². The topological polar surface area (TPSA) is 110 Å². The number of alkyl halides is 1. The first-order valence-electron chi connectivity index (χ1n) is 15.4. The molecular formula is C29H55FN8O. The van der Waals surface area contributed by atoms with Gasteiger partial charge in [-0.3, -0.25) is 20.3 Å². The van der Waals surface area contributed by atoms with E-state index in [-0.39, 0.29) is 36.5 Å². The summed E-state index contributed by atoms with van der Waals surface area (Å²) in [5.74, 6) is 0.571. The highest BCUT2D eigenvalue weighted by molar-refractivity contribution is 5.80. The lowest BCUT2D eigenvalue weighted by Gasteiger charge is -2.48. The van der Waals surface area contributed by atoms with Gasteiger partial charge in [-0.15, -0.1) is 0 Å². The summed E-state index contributed by atoms with van der Waals surface area (Å²) in [4.78, 5) is 18.9. The highest BCUT2D eigenvalue weighted by Crippen LogP contribution is 2.33. The lowest BCUT2D eigenvalue weighted by molar-refractivity contribution is -0.128. The molecule has 0 bridgehead atoms. The molecule has 0 aromatic carbocycles. The Bertz CT molecular complexity index is 806. The summed E-state index contributed by atoms with van der Waals surface area (Å²) >= 11 is 0. The molecule has 0 radical (unpaired) electrons. The second-order valence-corrected chi connectivity index (χ2v) is 12.9. The van der Waals surface area contributed by atoms with Crippen molar-refractivity contribution in [3.63, 3.8) is 0 Å². The summed E-state index contributed by atoms with van der Waals surface area (Å²) in [5, 5.41) is 17.5. The van der Waals surface area contributed by atoms with Crippen molar-refractivity contribution in [1.29, 1.82) is 0 Å². The SMILES string of the molecule is CC(C)C1/C=C/C(F)CNC(C)C(C(=O)NC2CNCCC2C2CCC(N3CCN(C)CC3)NC2C)C(N)N1. The van der Waals surface area contributed by atoms with Crippen molar-refractivity contribution in [1.82, 2.24) is 36.4 Å². The van der Waals surface area contributed by atoms with Crippen LogP contribution in [0.25, 0.3) is 0 Å². The van der Waals surface area contributed by atoms with Gasteiger partial charge in [0, 0.05) is 63.4 Å². The molecule has 1 amide bonds. The monoisotopic (exact) mass is 550 g/mol. The number of nitrogens with two attached hydrogens (primary N) is 1. The highest BCUT2D eigenvalue weighted by Gasteiger charge is 2.41. The van der Waals surface area contributed by atoms with Gasteiger partial charge in [0.25, 0.3) is 0 Å². The quantitative estimate of drug-likeness (QED) is 0.274. The lowest BCUT2D eigenvalue weighted by atomic mass is 9.73. The zero-order valence-corrected chi connectivity index (χ0v) is 24.8. The second-order valence-electron chi connectivity index (χ2n) is 12.9. The number of piperidine rings is 2. The molecule has 0 saturated carbocycles. The number of rotatable bonds is 5. The number of halogens is 1. The van der Waals surface area contributed by atoms with Crippen LogP contribution in [0.4, 0.5) is 4.39 Å². The molecule has 0 aromatic heterocycles. The first-order valence-corrected chi connectivity index (χ1v) is 15.4. The van der Waals surface area contributed by atoms with E-state index in [0.717, 1.165) is 52.1 Å². The predicted octanol–water partition coefficient (Wildman–Crippen LogP) is 0.444. The van der Waals surface area contributed by atoms with Crippen LogP contribution in [0.1, 0.15) is 47.0 Å². The number of hydrogen-bond acceptors (Lipinski definition) is 8. The number of carbonyl (C=O) groups is 1. The van der Waals surface area contributed by atoms with Gasteiger partial charge in [0.05, 0.1) is 18.2 Å². The van der Waals surface area contributed by atoms with Gasteiger partial charge in [-0.1, -0.05) is 26.0 Å². The normalized spacial score (nSPS) is 42.7. The van der Waals surface area contributed by atoms with E-state index < -0.39 is 18.3 Å². The van der Waals surface area contributed by atoms with Crippen LogP contribution in [0.3, 0.4) is 0 Å². The zero-order valence-electron chi connectivity index (χ0n) is 24.8. The molecular weight excluding hydrogens is 495 g/mol. The van der Waals surface area contributed by atoms with Gasteiger partial charge in [-0.05, 0) is 64.5 Å². The Morgan fingerprint density at radius 1 is 1.00 bits per heavy atom. The first-order chi connectivity index (χ1) is 18.6. The number of nitrogens with zero attached hydrogens (tertiary/aromatic N) is 2. The molecule has 4 heterocycles. The van der Waals surface area contributed by atoms with Crippen molar-refractivity contribution in [3.05, 3.63) is 12.2 Å². The third-order valence-electron chi connectivity index (χ3n) is 9.76. The minimum atomic E-state index is -1.10. The molecule has 10 atom stereocenters. The summed E-state index contributed by atoms with van der Waals surface area (Å²) in [7, 11) is 2.20. The summed E-state index contributed by atoms with van der Waals surface area (Å²) in [6, 6.07) is 0.0828. The smallest absolute Gasteiger partial charge is 0.227 e. The van der Waals surface area contributed by atoms with E-state index in [1.165, 1.54) is 6.42 Å². The highest BCUT2D eigenvalue weighted by atomic mass is 19.1. The van der Waals surface area contributed by atoms with Crippen LogP contribution >= 0.6 is 0 Å². The molecule has 10 unspecified atom stereocenters. The number of amides is 1. The summed E-state index contributed by atoms with van der Waals surface area (Å²) in [6.07, 6.45) is 5.62. The zero-order chi connectivity index (χ0) is 28.1. The van der Waals surface area contributed by atoms with Crippen molar-refractivity contribution in [2.45, 2.75) is 89.6 Å². The molecule has 4 rings (SSSR count). The van der Waals surface area contributed by atoms with Crippen molar-refractivity contribution in [2.75, 3.05) is 52.9 Å². The number of nitrogens with one attached hydrogen (secondary N) is 5. The van der Waals surface area contributed by atoms with Crippen LogP contribution in [0.2, 0.25) is 0 Å². The molecule has 7 N–H and O–H groups in total. The fraction of sp³-hybridized carbons (Fsp3) is 0.897. The molecule has 224 valence electrons. The lowest BCUT2D eigenvalue weighted by Crippen LogP contribution is -2.64. The Morgan fingerprint density at radius 2 is 1.74 bits per heavy atom. The minimum absolute atomic E-state index is 0.0465. The Balaban J connectivity index is 1.41. The molecule has 9 nitrogen and oxygen atoms in total. The average molecular weight is 551 g/mol. The van der Waals surface area contributed by atoms with E-state index in [9.17, 15) is 9.18 Å². The van der Waals surface area contributed by atoms with Crippen molar-refractivity contribution >= 4 is 5.91 Å². The summed E-state index contributed by atoms with van der Waals surface area (Å²) in [5.41, 5.74) is 6.65. The van der Waals surface area contributed by atoms with Crippen molar-refractivity contribution in [3.8, 4) is 0 Å². The van der Waals surface area contributed by atoms with Crippen molar-refractivity contribution < 1.29 is 9.18 Å². The van der Waals surface area contributed by atoms with Crippen LogP contribution in [0.15, 0.2) is 12.2 Å². The van der Waals surface area contributed by atoms with E-state index in [1.54, 1.807) is 6.08 Å². The van der Waals surface area contributed by atoms with Gasteiger partial charge >= 0.3 is 0 Å². The number of likely N-dealkylation sites (N-methyl/N-ethyl adjacent to an activating group) is 1. The van der Waals surface area contributed by atoms with Gasteiger partial charge in [0.2, 0.25) is 5.91 Å². The second kappa shape index (κ2) is 14.2. The molecule has 4 aliphatic heterocycles. The maximum Gasteiger partial charge on any atom is 0.227 e. The number of carbonyl (C=O) groups excluding carboxylic acids is 1. The minimum Gasteiger partial charge on any atom is -0.351 e. The maximum atomic E-state index is 14.5. The predicted molar refractivity (Wildman–Crippen MR) is 156 cm³/mol. The average Bonchev–Trinajstić information content (AvgIpc) is 2.90. The standard InChI is InChI=1S/C29H55FN8O/c1-18(2)24-8-6-21(30)16-33-20(4)27(28(31)35-24)29(39)36-25-17-32-11-10-23(25)22-7-9-26(34-19(22)3)38-14-12-37(5)13-15-38/h6,8,18-28,32-35H,7,9-17,31H2,1-5H3,(H,36,39)/b8-6+. The Morgan fingerprint density at radius 3 is 2.44 bits per heavy atom. The van der Waals surface area contributed by atoms with E-state index >= 15 is 0 Å². The Hall–Kier alpha value is -1.14. The van der Waals surface area contributed by atoms with Gasteiger partial charge in [-0.2, -0.15) is 0 Å². The third kappa shape index (κ3) is 7.99. The van der Waals surface area contributed by atoms with E-state index in [4.69, 9.17) is 5.73 Å². The van der Waals surface area contributed by atoms with Crippen LogP contribution in [-0.4, -0.2) is 111 Å². The summed E-state index contributed by atoms with van der Waals surface area (Å²) in [6.45, 7) is 14.8. The number of hydrogen-bond donors (Lipinski definition) is 6. The van der Waals surface area contributed by atoms with Gasteiger partial charge in [0.1, 0.15) is 6.17 Å². The van der Waals surface area contributed by atoms with Crippen LogP contribution in [0.5, 0.6) is 0 Å².